The molecular weight excluding hydrogens is 366 g/mol. The molecule has 154 valence electrons. The lowest BCUT2D eigenvalue weighted by atomic mass is 9.71. The average molecular weight is 396 g/mol. The first-order chi connectivity index (χ1) is 14.0. The highest BCUT2D eigenvalue weighted by Crippen LogP contribution is 2.52. The van der Waals surface area contributed by atoms with Crippen molar-refractivity contribution >= 4 is 11.8 Å². The van der Waals surface area contributed by atoms with E-state index in [0.717, 1.165) is 31.5 Å². The van der Waals surface area contributed by atoms with Gasteiger partial charge in [-0.3, -0.25) is 4.84 Å². The summed E-state index contributed by atoms with van der Waals surface area (Å²) >= 11 is 0. The Morgan fingerprint density at radius 3 is 2.72 bits per heavy atom. The van der Waals surface area contributed by atoms with Gasteiger partial charge in [0.25, 0.3) is 0 Å². The zero-order chi connectivity index (χ0) is 20.6. The third-order valence-corrected chi connectivity index (χ3v) is 6.28. The number of hydroxylamine groups is 2. The van der Waals surface area contributed by atoms with Crippen molar-refractivity contribution in [1.29, 1.82) is 0 Å². The quantitative estimate of drug-likeness (QED) is 0.859. The van der Waals surface area contributed by atoms with Crippen LogP contribution in [0, 0.1) is 0 Å². The fourth-order valence-corrected chi connectivity index (χ4v) is 4.77. The molecule has 6 heteroatoms. The molecule has 0 spiro atoms. The third-order valence-electron chi connectivity index (χ3n) is 6.28. The summed E-state index contributed by atoms with van der Waals surface area (Å²) in [6, 6.07) is 14.5. The van der Waals surface area contributed by atoms with E-state index < -0.39 is 6.09 Å². The van der Waals surface area contributed by atoms with Crippen LogP contribution in [-0.4, -0.2) is 45.1 Å². The van der Waals surface area contributed by atoms with Gasteiger partial charge in [-0.2, -0.15) is 5.06 Å². The summed E-state index contributed by atoms with van der Waals surface area (Å²) in [6.07, 6.45) is 2.29. The molecule has 4 rings (SSSR count). The van der Waals surface area contributed by atoms with Gasteiger partial charge in [-0.05, 0) is 54.2 Å². The number of rotatable bonds is 4. The fourth-order valence-electron chi connectivity index (χ4n) is 4.77. The van der Waals surface area contributed by atoms with Crippen molar-refractivity contribution in [3.05, 3.63) is 59.2 Å². The molecule has 1 fully saturated rings. The Morgan fingerprint density at radius 2 is 2.00 bits per heavy atom. The molecule has 6 nitrogen and oxygen atoms in total. The van der Waals surface area contributed by atoms with E-state index in [0.29, 0.717) is 5.75 Å². The number of hydrogen-bond donors (Lipinski definition) is 1. The number of nitrogens with one attached hydrogen (secondary N) is 1. The van der Waals surface area contributed by atoms with Gasteiger partial charge in [0.2, 0.25) is 0 Å². The molecule has 1 amide bonds. The van der Waals surface area contributed by atoms with Gasteiger partial charge < -0.3 is 15.0 Å². The molecule has 2 aliphatic heterocycles. The number of ether oxygens (including phenoxy) is 1. The van der Waals surface area contributed by atoms with Crippen LogP contribution in [0.4, 0.5) is 10.5 Å². The van der Waals surface area contributed by atoms with Crippen LogP contribution in [0.15, 0.2) is 42.5 Å². The summed E-state index contributed by atoms with van der Waals surface area (Å²) in [5.74, 6) is 0.555. The van der Waals surface area contributed by atoms with Crippen LogP contribution in [0.3, 0.4) is 0 Å². The van der Waals surface area contributed by atoms with Crippen molar-refractivity contribution in [1.82, 2.24) is 10.4 Å². The van der Waals surface area contributed by atoms with Gasteiger partial charge in [-0.25, -0.2) is 4.79 Å². The van der Waals surface area contributed by atoms with E-state index in [4.69, 9.17) is 9.57 Å². The number of fused-ring (bicyclic) bond motifs is 3. The van der Waals surface area contributed by atoms with Crippen LogP contribution >= 0.6 is 0 Å². The molecule has 2 unspecified atom stereocenters. The Kier molecular flexibility index (Phi) is 5.23. The Balaban J connectivity index is 1.81. The number of carbonyl (C=O) groups excluding carboxylic acids is 1. The molecule has 29 heavy (non-hydrogen) atoms. The number of hydrogen-bond acceptors (Lipinski definition) is 5. The number of amides is 1. The van der Waals surface area contributed by atoms with Gasteiger partial charge in [-0.15, -0.1) is 0 Å². The lowest BCUT2D eigenvalue weighted by molar-refractivity contribution is -0.229. The summed E-state index contributed by atoms with van der Waals surface area (Å²) < 4.78 is 5.45. The largest absolute Gasteiger partial charge is 0.412 e. The van der Waals surface area contributed by atoms with Crippen LogP contribution in [0.2, 0.25) is 0 Å². The Morgan fingerprint density at radius 1 is 1.24 bits per heavy atom. The Labute approximate surface area is 172 Å². The first kappa shape index (κ1) is 19.7. The zero-order valence-electron chi connectivity index (χ0n) is 17.6. The topological polar surface area (TPSA) is 54.0 Å². The molecule has 0 aromatic heterocycles. The van der Waals surface area contributed by atoms with Gasteiger partial charge in [0, 0.05) is 38.8 Å². The summed E-state index contributed by atoms with van der Waals surface area (Å²) in [6.45, 7) is 3.04. The molecule has 2 heterocycles. The fraction of sp³-hybridized carbons (Fsp3) is 0.435. The molecule has 2 aromatic carbocycles. The van der Waals surface area contributed by atoms with E-state index in [-0.39, 0.29) is 11.6 Å². The summed E-state index contributed by atoms with van der Waals surface area (Å²) in [5.41, 5.74) is 4.83. The van der Waals surface area contributed by atoms with Crippen molar-refractivity contribution in [3.8, 4) is 5.75 Å². The van der Waals surface area contributed by atoms with Crippen molar-refractivity contribution < 1.29 is 14.4 Å². The minimum Gasteiger partial charge on any atom is -0.410 e. The molecular formula is C23H29N3O3. The normalized spacial score (nSPS) is 23.4. The molecule has 1 N–H and O–H groups in total. The Bertz CT molecular complexity index is 916. The van der Waals surface area contributed by atoms with Crippen molar-refractivity contribution in [2.75, 3.05) is 32.6 Å². The lowest BCUT2D eigenvalue weighted by Crippen LogP contribution is -2.54. The van der Waals surface area contributed by atoms with Gasteiger partial charge in [0.15, 0.2) is 6.23 Å². The number of anilines is 1. The number of aryl methyl sites for hydroxylation is 1. The SMILES string of the molecule is CCc1ccccc1CC12CCN(C)OC1N(C)c1ccc(OC(=O)NC)cc12. The number of nitrogens with zero attached hydrogens (tertiary/aromatic N) is 2. The third kappa shape index (κ3) is 3.36. The van der Waals surface area contributed by atoms with Crippen LogP contribution < -0.4 is 15.0 Å². The highest BCUT2D eigenvalue weighted by Gasteiger charge is 2.53. The van der Waals surface area contributed by atoms with Crippen LogP contribution in [0.1, 0.15) is 30.0 Å². The van der Waals surface area contributed by atoms with Crippen molar-refractivity contribution in [2.24, 2.45) is 0 Å². The van der Waals surface area contributed by atoms with Crippen LogP contribution in [0.5, 0.6) is 5.75 Å². The summed E-state index contributed by atoms with van der Waals surface area (Å²) in [5, 5.41) is 4.44. The Hall–Kier alpha value is -2.57. The first-order valence-electron chi connectivity index (χ1n) is 10.2. The average Bonchev–Trinajstić information content (AvgIpc) is 2.96. The van der Waals surface area contributed by atoms with E-state index in [1.165, 1.54) is 16.7 Å². The van der Waals surface area contributed by atoms with E-state index in [1.807, 2.05) is 30.3 Å². The minimum atomic E-state index is -0.460. The van der Waals surface area contributed by atoms with Crippen molar-refractivity contribution in [3.63, 3.8) is 0 Å². The summed E-state index contributed by atoms with van der Waals surface area (Å²) in [4.78, 5) is 20.3. The smallest absolute Gasteiger partial charge is 0.410 e. The second-order valence-electron chi connectivity index (χ2n) is 7.94. The van der Waals surface area contributed by atoms with Gasteiger partial charge in [0.1, 0.15) is 5.75 Å². The van der Waals surface area contributed by atoms with Gasteiger partial charge in [0.05, 0.1) is 0 Å². The maximum atomic E-state index is 11.8. The number of carbonyl (C=O) groups is 1. The van der Waals surface area contributed by atoms with E-state index in [9.17, 15) is 4.79 Å². The second-order valence-corrected chi connectivity index (χ2v) is 7.94. The highest BCUT2D eigenvalue weighted by molar-refractivity contribution is 5.72. The molecule has 2 aliphatic rings. The van der Waals surface area contributed by atoms with Crippen LogP contribution in [-0.2, 0) is 23.1 Å². The van der Waals surface area contributed by atoms with E-state index in [2.05, 4.69) is 48.5 Å². The molecule has 0 saturated carbocycles. The molecule has 2 atom stereocenters. The molecule has 0 aliphatic carbocycles. The standard InChI is InChI=1S/C23H29N3O3/c1-5-16-8-6-7-9-17(16)15-23-12-13-25(3)29-21(23)26(4)20-11-10-18(14-19(20)23)28-22(27)24-2/h6-11,14,21H,5,12-13,15H2,1-4H3,(H,24,27). The predicted octanol–water partition coefficient (Wildman–Crippen LogP) is 3.49. The molecule has 0 bridgehead atoms. The maximum absolute atomic E-state index is 11.8. The number of benzene rings is 2. The van der Waals surface area contributed by atoms with E-state index in [1.54, 1.807) is 7.05 Å². The second kappa shape index (κ2) is 7.69. The van der Waals surface area contributed by atoms with Crippen LogP contribution in [0.25, 0.3) is 0 Å². The predicted molar refractivity (Wildman–Crippen MR) is 113 cm³/mol. The molecule has 0 radical (unpaired) electrons. The van der Waals surface area contributed by atoms with Crippen molar-refractivity contribution in [2.45, 2.75) is 37.8 Å². The summed E-state index contributed by atoms with van der Waals surface area (Å²) in [7, 11) is 5.63. The molecule has 2 aromatic rings. The number of likely N-dealkylation sites (N-methyl/N-ethyl adjacent to an activating group) is 1. The van der Waals surface area contributed by atoms with Gasteiger partial charge in [-0.1, -0.05) is 31.2 Å². The highest BCUT2D eigenvalue weighted by atomic mass is 16.7. The minimum absolute atomic E-state index is 0.101. The monoisotopic (exact) mass is 395 g/mol. The first-order valence-corrected chi connectivity index (χ1v) is 10.2. The lowest BCUT2D eigenvalue weighted by Gasteiger charge is -2.44. The van der Waals surface area contributed by atoms with E-state index >= 15 is 0 Å². The molecule has 1 saturated heterocycles. The van der Waals surface area contributed by atoms with Gasteiger partial charge >= 0.3 is 6.09 Å². The maximum Gasteiger partial charge on any atom is 0.412 e. The zero-order valence-corrected chi connectivity index (χ0v) is 17.6.